The molecule has 0 saturated heterocycles. The third kappa shape index (κ3) is 2.98. The summed E-state index contributed by atoms with van der Waals surface area (Å²) in [5.74, 6) is -0.857. The highest BCUT2D eigenvalue weighted by Crippen LogP contribution is 2.26. The summed E-state index contributed by atoms with van der Waals surface area (Å²) in [7, 11) is 2.33. The number of ether oxygens (including phenoxy) is 2. The minimum atomic E-state index is -1.79. The van der Waals surface area contributed by atoms with E-state index in [1.54, 1.807) is 0 Å². The Morgan fingerprint density at radius 2 is 1.82 bits per heavy atom. The van der Waals surface area contributed by atoms with Crippen LogP contribution in [0, 0.1) is 0 Å². The maximum absolute atomic E-state index is 13.3. The molecule has 6 heteroatoms. The van der Waals surface area contributed by atoms with Crippen molar-refractivity contribution in [3.8, 4) is 0 Å². The first kappa shape index (κ1) is 13.5. The van der Waals surface area contributed by atoms with E-state index in [-0.39, 0.29) is 16.7 Å². The molecule has 0 saturated carbocycles. The predicted molar refractivity (Wildman–Crippen MR) is 56.7 cm³/mol. The van der Waals surface area contributed by atoms with Gasteiger partial charge in [-0.05, 0) is 6.07 Å². The first-order chi connectivity index (χ1) is 8.01. The van der Waals surface area contributed by atoms with E-state index < -0.39 is 18.6 Å². The van der Waals surface area contributed by atoms with Crippen LogP contribution < -0.4 is 5.73 Å². The summed E-state index contributed by atoms with van der Waals surface area (Å²) in [6.45, 7) is 0. The summed E-state index contributed by atoms with van der Waals surface area (Å²) in [4.78, 5) is 11.1. The summed E-state index contributed by atoms with van der Waals surface area (Å²) in [5, 5.41) is 0. The van der Waals surface area contributed by atoms with Gasteiger partial charge in [0.1, 0.15) is 0 Å². The zero-order chi connectivity index (χ0) is 13.0. The fourth-order valence-electron chi connectivity index (χ4n) is 1.39. The smallest absolute Gasteiger partial charge is 0.249 e. The second-order valence-corrected chi connectivity index (χ2v) is 3.31. The predicted octanol–water partition coefficient (Wildman–Crippen LogP) is 2.01. The number of amides is 1. The van der Waals surface area contributed by atoms with Crippen molar-refractivity contribution in [3.63, 3.8) is 0 Å². The third-order valence-electron chi connectivity index (χ3n) is 2.26. The number of carbonyl (C=O) groups excluding carboxylic acids is 1. The number of alkyl halides is 2. The van der Waals surface area contributed by atoms with Crippen LogP contribution in [0.15, 0.2) is 18.2 Å². The Hall–Kier alpha value is -1.53. The molecule has 1 aromatic carbocycles. The number of nitrogens with two attached hydrogens (primary N) is 1. The van der Waals surface area contributed by atoms with Gasteiger partial charge in [-0.25, -0.2) is 8.78 Å². The maximum Gasteiger partial charge on any atom is 0.249 e. The molecule has 0 aliphatic heterocycles. The first-order valence-electron chi connectivity index (χ1n) is 4.78. The van der Waals surface area contributed by atoms with Crippen molar-refractivity contribution in [1.29, 1.82) is 0 Å². The molecule has 0 spiro atoms. The van der Waals surface area contributed by atoms with Gasteiger partial charge in [0.2, 0.25) is 18.6 Å². The standard InChI is InChI=1S/C11H13F2NO3/c1-16-9(12)6-3-4-7(10(13)17-2)8(5-6)11(14)15/h3-5,9-10H,1-2H3,(H2,14,15). The van der Waals surface area contributed by atoms with Gasteiger partial charge in [0.05, 0.1) is 0 Å². The van der Waals surface area contributed by atoms with Gasteiger partial charge in [0.25, 0.3) is 0 Å². The highest BCUT2D eigenvalue weighted by atomic mass is 19.1. The minimum absolute atomic E-state index is 0.0351. The number of carbonyl (C=O) groups is 1. The molecule has 17 heavy (non-hydrogen) atoms. The van der Waals surface area contributed by atoms with Gasteiger partial charge in [-0.2, -0.15) is 0 Å². The second-order valence-electron chi connectivity index (χ2n) is 3.31. The molecule has 0 bridgehead atoms. The Balaban J connectivity index is 3.22. The van der Waals surface area contributed by atoms with Crippen molar-refractivity contribution in [2.75, 3.05) is 14.2 Å². The number of methoxy groups -OCH3 is 2. The topological polar surface area (TPSA) is 61.6 Å². The lowest BCUT2D eigenvalue weighted by molar-refractivity contribution is -0.00987. The van der Waals surface area contributed by atoms with E-state index in [0.29, 0.717) is 0 Å². The normalized spacial score (nSPS) is 14.4. The van der Waals surface area contributed by atoms with E-state index in [0.717, 1.165) is 13.2 Å². The molecule has 94 valence electrons. The quantitative estimate of drug-likeness (QED) is 0.863. The Bertz CT molecular complexity index is 412. The molecule has 1 aromatic rings. The average molecular weight is 245 g/mol. The maximum atomic E-state index is 13.3. The lowest BCUT2D eigenvalue weighted by Gasteiger charge is -2.13. The zero-order valence-corrected chi connectivity index (χ0v) is 9.44. The van der Waals surface area contributed by atoms with Gasteiger partial charge in [0.15, 0.2) is 0 Å². The summed E-state index contributed by atoms with van der Waals surface area (Å²) < 4.78 is 35.5. The Labute approximate surface area is 97.3 Å². The van der Waals surface area contributed by atoms with Gasteiger partial charge < -0.3 is 15.2 Å². The van der Waals surface area contributed by atoms with E-state index in [1.165, 1.54) is 19.2 Å². The van der Waals surface area contributed by atoms with Crippen LogP contribution in [0.3, 0.4) is 0 Å². The highest BCUT2D eigenvalue weighted by Gasteiger charge is 2.19. The molecule has 0 aliphatic rings. The molecule has 2 unspecified atom stereocenters. The van der Waals surface area contributed by atoms with Crippen molar-refractivity contribution in [3.05, 3.63) is 34.9 Å². The van der Waals surface area contributed by atoms with E-state index in [2.05, 4.69) is 9.47 Å². The van der Waals surface area contributed by atoms with Crippen LogP contribution in [0.25, 0.3) is 0 Å². The van der Waals surface area contributed by atoms with Gasteiger partial charge in [-0.15, -0.1) is 0 Å². The van der Waals surface area contributed by atoms with Gasteiger partial charge in [-0.3, -0.25) is 4.79 Å². The molecule has 4 nitrogen and oxygen atoms in total. The van der Waals surface area contributed by atoms with E-state index >= 15 is 0 Å². The van der Waals surface area contributed by atoms with Gasteiger partial charge >= 0.3 is 0 Å². The number of halogens is 2. The van der Waals surface area contributed by atoms with Crippen LogP contribution in [0.4, 0.5) is 8.78 Å². The fraction of sp³-hybridized carbons (Fsp3) is 0.364. The molecule has 0 fully saturated rings. The molecular weight excluding hydrogens is 232 g/mol. The van der Waals surface area contributed by atoms with E-state index in [1.807, 2.05) is 0 Å². The molecule has 0 aromatic heterocycles. The summed E-state index contributed by atoms with van der Waals surface area (Å²) in [5.41, 5.74) is 5.02. The van der Waals surface area contributed by atoms with Crippen LogP contribution in [0.1, 0.15) is 34.2 Å². The van der Waals surface area contributed by atoms with Crippen LogP contribution in [-0.4, -0.2) is 20.1 Å². The van der Waals surface area contributed by atoms with Crippen molar-refractivity contribution in [1.82, 2.24) is 0 Å². The van der Waals surface area contributed by atoms with Crippen molar-refractivity contribution < 1.29 is 23.0 Å². The molecule has 0 heterocycles. The van der Waals surface area contributed by atoms with Crippen molar-refractivity contribution >= 4 is 5.91 Å². The van der Waals surface area contributed by atoms with Crippen LogP contribution >= 0.6 is 0 Å². The summed E-state index contributed by atoms with van der Waals surface area (Å²) in [6, 6.07) is 3.70. The van der Waals surface area contributed by atoms with Crippen LogP contribution in [-0.2, 0) is 9.47 Å². The number of hydrogen-bond donors (Lipinski definition) is 1. The lowest BCUT2D eigenvalue weighted by atomic mass is 10.0. The number of rotatable bonds is 5. The number of primary amides is 1. The van der Waals surface area contributed by atoms with Crippen molar-refractivity contribution in [2.24, 2.45) is 5.73 Å². The Kier molecular flexibility index (Phi) is 4.53. The monoisotopic (exact) mass is 245 g/mol. The molecule has 1 rings (SSSR count). The molecular formula is C11H13F2NO3. The SMILES string of the molecule is COC(F)c1ccc(C(F)OC)c(C(N)=O)c1. The van der Waals surface area contributed by atoms with Crippen LogP contribution in [0.5, 0.6) is 0 Å². The van der Waals surface area contributed by atoms with Gasteiger partial charge in [0, 0.05) is 30.9 Å². The first-order valence-corrected chi connectivity index (χ1v) is 4.78. The highest BCUT2D eigenvalue weighted by molar-refractivity contribution is 5.94. The van der Waals surface area contributed by atoms with E-state index in [4.69, 9.17) is 5.73 Å². The van der Waals surface area contributed by atoms with Crippen LogP contribution in [0.2, 0.25) is 0 Å². The molecule has 1 amide bonds. The fourth-order valence-corrected chi connectivity index (χ4v) is 1.39. The molecule has 0 radical (unpaired) electrons. The lowest BCUT2D eigenvalue weighted by Crippen LogP contribution is -2.16. The minimum Gasteiger partial charge on any atom is -0.366 e. The molecule has 2 N–H and O–H groups in total. The average Bonchev–Trinajstić information content (AvgIpc) is 2.35. The van der Waals surface area contributed by atoms with Gasteiger partial charge in [-0.1, -0.05) is 12.1 Å². The summed E-state index contributed by atoms with van der Waals surface area (Å²) >= 11 is 0. The number of hydrogen-bond acceptors (Lipinski definition) is 3. The Morgan fingerprint density at radius 3 is 2.29 bits per heavy atom. The largest absolute Gasteiger partial charge is 0.366 e. The molecule has 0 aliphatic carbocycles. The number of benzene rings is 1. The zero-order valence-electron chi connectivity index (χ0n) is 9.44. The second kappa shape index (κ2) is 5.70. The van der Waals surface area contributed by atoms with E-state index in [9.17, 15) is 13.6 Å². The summed E-state index contributed by atoms with van der Waals surface area (Å²) in [6.07, 6.45) is -3.48. The van der Waals surface area contributed by atoms with Crippen molar-refractivity contribution in [2.45, 2.75) is 12.7 Å². The third-order valence-corrected chi connectivity index (χ3v) is 2.26. The Morgan fingerprint density at radius 1 is 1.24 bits per heavy atom. The molecule has 2 atom stereocenters.